The van der Waals surface area contributed by atoms with Crippen LogP contribution in [-0.2, 0) is 23.0 Å². The van der Waals surface area contributed by atoms with Crippen LogP contribution in [0.5, 0.6) is 11.5 Å². The van der Waals surface area contributed by atoms with Gasteiger partial charge in [0, 0.05) is 44.8 Å². The molecule has 11 heteroatoms. The molecule has 1 fully saturated rings. The Kier molecular flexibility index (Phi) is 9.98. The molecule has 4 rings (SSSR count). The van der Waals surface area contributed by atoms with Crippen LogP contribution in [0.3, 0.4) is 0 Å². The number of anilines is 1. The van der Waals surface area contributed by atoms with Crippen LogP contribution in [0.25, 0.3) is 0 Å². The summed E-state index contributed by atoms with van der Waals surface area (Å²) in [5.74, 6) is 0.661. The molecule has 0 atom stereocenters. The van der Waals surface area contributed by atoms with E-state index in [9.17, 15) is 18.0 Å². The minimum Gasteiger partial charge on any atom is -0.493 e. The van der Waals surface area contributed by atoms with Gasteiger partial charge in [0.1, 0.15) is 0 Å². The predicted molar refractivity (Wildman–Crippen MR) is 158 cm³/mol. The van der Waals surface area contributed by atoms with E-state index in [1.165, 1.54) is 10.6 Å². The molecule has 0 radical (unpaired) electrons. The monoisotopic (exact) mass is 580 g/mol. The summed E-state index contributed by atoms with van der Waals surface area (Å²) in [5.41, 5.74) is 3.20. The smallest absolute Gasteiger partial charge is 0.255 e. The fourth-order valence-electron chi connectivity index (χ4n) is 4.72. The molecule has 0 saturated carbocycles. The number of para-hydroxylation sites is 1. The van der Waals surface area contributed by atoms with Crippen LogP contribution in [0.1, 0.15) is 31.8 Å². The average Bonchev–Trinajstić information content (AvgIpc) is 2.97. The summed E-state index contributed by atoms with van der Waals surface area (Å²) in [7, 11) is -0.0262. The quantitative estimate of drug-likeness (QED) is 0.358. The summed E-state index contributed by atoms with van der Waals surface area (Å²) < 4.78 is 35.6. The van der Waals surface area contributed by atoms with E-state index in [1.807, 2.05) is 36.4 Å². The minimum atomic E-state index is -3.19. The van der Waals surface area contributed by atoms with Crippen molar-refractivity contribution in [1.82, 2.24) is 14.5 Å². The Balaban J connectivity index is 1.35. The number of nitrogens with zero attached hydrogens (tertiary/aromatic N) is 2. The number of sulfonamides is 1. The molecular formula is C30H36N4O6S. The summed E-state index contributed by atoms with van der Waals surface area (Å²) in [4.78, 5) is 28.3. The molecular weight excluding hydrogens is 544 g/mol. The second kappa shape index (κ2) is 13.6. The molecule has 1 heterocycles. The average molecular weight is 581 g/mol. The van der Waals surface area contributed by atoms with Gasteiger partial charge in [0.05, 0.1) is 31.7 Å². The van der Waals surface area contributed by atoms with Crippen molar-refractivity contribution < 1.29 is 27.5 Å². The van der Waals surface area contributed by atoms with Gasteiger partial charge in [0.2, 0.25) is 10.0 Å². The predicted octanol–water partition coefficient (Wildman–Crippen LogP) is 3.01. The number of ether oxygens (including phenoxy) is 2. The molecule has 0 bridgehead atoms. The second-order valence-corrected chi connectivity index (χ2v) is 11.8. The van der Waals surface area contributed by atoms with E-state index in [-0.39, 0.29) is 11.8 Å². The SMILES string of the molecule is COc1ccc(CCNC(=O)c2ccccc2NC(=O)c2cccc(CN3CCN(S(C)(=O)=O)CC3)c2)cc1OC. The van der Waals surface area contributed by atoms with Crippen LogP contribution in [0, 0.1) is 0 Å². The minimum absolute atomic E-state index is 0.289. The van der Waals surface area contributed by atoms with Crippen molar-refractivity contribution in [3.05, 3.63) is 89.0 Å². The first kappa shape index (κ1) is 30.0. The summed E-state index contributed by atoms with van der Waals surface area (Å²) in [6, 6.07) is 19.8. The van der Waals surface area contributed by atoms with Gasteiger partial charge in [-0.15, -0.1) is 0 Å². The molecule has 41 heavy (non-hydrogen) atoms. The van der Waals surface area contributed by atoms with Crippen molar-refractivity contribution >= 4 is 27.5 Å². The first-order chi connectivity index (χ1) is 19.7. The largest absolute Gasteiger partial charge is 0.493 e. The highest BCUT2D eigenvalue weighted by Crippen LogP contribution is 2.27. The first-order valence-electron chi connectivity index (χ1n) is 13.3. The lowest BCUT2D eigenvalue weighted by molar-refractivity contribution is 0.0955. The lowest BCUT2D eigenvalue weighted by atomic mass is 10.1. The van der Waals surface area contributed by atoms with E-state index in [0.29, 0.717) is 74.0 Å². The third-order valence-electron chi connectivity index (χ3n) is 6.96. The maximum Gasteiger partial charge on any atom is 0.255 e. The Morgan fingerprint density at radius 1 is 0.829 bits per heavy atom. The Morgan fingerprint density at radius 2 is 1.56 bits per heavy atom. The van der Waals surface area contributed by atoms with Gasteiger partial charge in [0.25, 0.3) is 11.8 Å². The topological polar surface area (TPSA) is 117 Å². The van der Waals surface area contributed by atoms with E-state index in [1.54, 1.807) is 44.6 Å². The van der Waals surface area contributed by atoms with Crippen molar-refractivity contribution in [3.63, 3.8) is 0 Å². The number of nitrogens with one attached hydrogen (secondary N) is 2. The summed E-state index contributed by atoms with van der Waals surface area (Å²) >= 11 is 0. The van der Waals surface area contributed by atoms with Gasteiger partial charge in [-0.25, -0.2) is 8.42 Å². The van der Waals surface area contributed by atoms with Gasteiger partial charge >= 0.3 is 0 Å². The molecule has 0 unspecified atom stereocenters. The number of rotatable bonds is 11. The maximum absolute atomic E-state index is 13.1. The lowest BCUT2D eigenvalue weighted by Crippen LogP contribution is -2.47. The van der Waals surface area contributed by atoms with Crippen LogP contribution >= 0.6 is 0 Å². The molecule has 1 saturated heterocycles. The molecule has 0 aliphatic carbocycles. The first-order valence-corrected chi connectivity index (χ1v) is 15.2. The highest BCUT2D eigenvalue weighted by Gasteiger charge is 2.23. The van der Waals surface area contributed by atoms with Crippen LogP contribution in [0.2, 0.25) is 0 Å². The van der Waals surface area contributed by atoms with Crippen LogP contribution in [-0.4, -0.2) is 82.6 Å². The second-order valence-electron chi connectivity index (χ2n) is 9.83. The number of carbonyl (C=O) groups is 2. The van der Waals surface area contributed by atoms with Gasteiger partial charge < -0.3 is 20.1 Å². The fourth-order valence-corrected chi connectivity index (χ4v) is 5.55. The number of carbonyl (C=O) groups excluding carboxylic acids is 2. The zero-order valence-electron chi connectivity index (χ0n) is 23.6. The Morgan fingerprint density at radius 3 is 2.27 bits per heavy atom. The molecule has 3 aromatic rings. The van der Waals surface area contributed by atoms with E-state index < -0.39 is 10.0 Å². The van der Waals surface area contributed by atoms with Crippen molar-refractivity contribution in [1.29, 1.82) is 0 Å². The van der Waals surface area contributed by atoms with Crippen molar-refractivity contribution in [2.24, 2.45) is 0 Å². The molecule has 218 valence electrons. The van der Waals surface area contributed by atoms with E-state index in [2.05, 4.69) is 15.5 Å². The molecule has 2 N–H and O–H groups in total. The highest BCUT2D eigenvalue weighted by molar-refractivity contribution is 7.88. The Hall–Kier alpha value is -3.93. The normalized spacial score (nSPS) is 14.3. The van der Waals surface area contributed by atoms with Gasteiger partial charge in [-0.05, 0) is 53.9 Å². The third-order valence-corrected chi connectivity index (χ3v) is 8.27. The molecule has 3 aromatic carbocycles. The van der Waals surface area contributed by atoms with Crippen molar-refractivity contribution in [2.75, 3.05) is 58.5 Å². The number of hydrogen-bond acceptors (Lipinski definition) is 7. The van der Waals surface area contributed by atoms with Gasteiger partial charge in [0.15, 0.2) is 11.5 Å². The maximum atomic E-state index is 13.1. The van der Waals surface area contributed by atoms with E-state index in [4.69, 9.17) is 9.47 Å². The number of hydrogen-bond donors (Lipinski definition) is 2. The number of methoxy groups -OCH3 is 2. The summed E-state index contributed by atoms with van der Waals surface area (Å²) in [6.07, 6.45) is 1.82. The number of piperazine rings is 1. The molecule has 2 amide bonds. The van der Waals surface area contributed by atoms with Gasteiger partial charge in [-0.1, -0.05) is 30.3 Å². The van der Waals surface area contributed by atoms with Crippen molar-refractivity contribution in [3.8, 4) is 11.5 Å². The fraction of sp³-hybridized carbons (Fsp3) is 0.333. The lowest BCUT2D eigenvalue weighted by Gasteiger charge is -2.33. The summed E-state index contributed by atoms with van der Waals surface area (Å²) in [5, 5.41) is 5.80. The molecule has 1 aliphatic heterocycles. The van der Waals surface area contributed by atoms with Crippen LogP contribution in [0.4, 0.5) is 5.69 Å². The number of amides is 2. The van der Waals surface area contributed by atoms with E-state index >= 15 is 0 Å². The van der Waals surface area contributed by atoms with Gasteiger partial charge in [-0.3, -0.25) is 14.5 Å². The van der Waals surface area contributed by atoms with Crippen LogP contribution in [0.15, 0.2) is 66.7 Å². The van der Waals surface area contributed by atoms with E-state index in [0.717, 1.165) is 11.1 Å². The standard InChI is InChI=1S/C30H36N4O6S/c1-39-27-12-11-22(20-28(27)40-2)13-14-31-30(36)25-9-4-5-10-26(25)32-29(35)24-8-6-7-23(19-24)21-33-15-17-34(18-16-33)41(3,37)38/h4-12,19-20H,13-18,21H2,1-3H3,(H,31,36)(H,32,35). The number of benzene rings is 3. The molecule has 10 nitrogen and oxygen atoms in total. The Bertz CT molecular complexity index is 1490. The highest BCUT2D eigenvalue weighted by atomic mass is 32.2. The third kappa shape index (κ3) is 8.06. The summed E-state index contributed by atoms with van der Waals surface area (Å²) in [6.45, 7) is 3.16. The van der Waals surface area contributed by atoms with Gasteiger partial charge in [-0.2, -0.15) is 4.31 Å². The Labute approximate surface area is 241 Å². The zero-order valence-corrected chi connectivity index (χ0v) is 24.4. The molecule has 1 aliphatic rings. The molecule has 0 aromatic heterocycles. The van der Waals surface area contributed by atoms with Crippen molar-refractivity contribution in [2.45, 2.75) is 13.0 Å². The van der Waals surface area contributed by atoms with Crippen LogP contribution < -0.4 is 20.1 Å². The zero-order chi connectivity index (χ0) is 29.4. The molecule has 0 spiro atoms.